The number of hydrogen-bond acceptors (Lipinski definition) is 1. The molecule has 0 saturated carbocycles. The van der Waals surface area contributed by atoms with Gasteiger partial charge in [0, 0.05) is 5.70 Å². The largest absolute Gasteiger partial charge is 0.329 e. The maximum Gasteiger partial charge on any atom is 0.243 e. The van der Waals surface area contributed by atoms with Crippen molar-refractivity contribution in [1.29, 1.82) is 0 Å². The van der Waals surface area contributed by atoms with Gasteiger partial charge in [0.2, 0.25) is 5.91 Å². The normalized spacial score (nSPS) is 16.9. The summed E-state index contributed by atoms with van der Waals surface area (Å²) >= 11 is 0. The summed E-state index contributed by atoms with van der Waals surface area (Å²) in [5.41, 5.74) is 2.19. The van der Waals surface area contributed by atoms with Crippen molar-refractivity contribution in [2.45, 2.75) is 12.3 Å². The van der Waals surface area contributed by atoms with Crippen LogP contribution in [-0.2, 0) is 10.2 Å². The van der Waals surface area contributed by atoms with Crippen molar-refractivity contribution >= 4 is 5.91 Å². The molecule has 0 radical (unpaired) electrons. The van der Waals surface area contributed by atoms with E-state index in [4.69, 9.17) is 0 Å². The fourth-order valence-electron chi connectivity index (χ4n) is 2.70. The molecule has 2 aromatic carbocycles. The first-order chi connectivity index (χ1) is 9.23. The average molecular weight is 249 g/mol. The van der Waals surface area contributed by atoms with Gasteiger partial charge < -0.3 is 5.32 Å². The molecule has 0 spiro atoms. The van der Waals surface area contributed by atoms with Crippen molar-refractivity contribution in [3.8, 4) is 0 Å². The van der Waals surface area contributed by atoms with Crippen LogP contribution in [-0.4, -0.2) is 5.91 Å². The number of rotatable bonds is 2. The first kappa shape index (κ1) is 11.7. The Morgan fingerprint density at radius 3 is 1.68 bits per heavy atom. The molecule has 0 bridgehead atoms. The van der Waals surface area contributed by atoms with Gasteiger partial charge in [-0.25, -0.2) is 0 Å². The number of benzene rings is 2. The van der Waals surface area contributed by atoms with Gasteiger partial charge in [0.05, 0.1) is 0 Å². The Balaban J connectivity index is 2.26. The quantitative estimate of drug-likeness (QED) is 0.871. The molecule has 0 saturated heterocycles. The van der Waals surface area contributed by atoms with Crippen molar-refractivity contribution < 1.29 is 4.79 Å². The van der Waals surface area contributed by atoms with E-state index in [0.717, 1.165) is 16.8 Å². The van der Waals surface area contributed by atoms with E-state index in [0.29, 0.717) is 0 Å². The molecular formula is C17H15NO. The molecule has 0 unspecified atom stereocenters. The minimum atomic E-state index is -0.702. The van der Waals surface area contributed by atoms with Gasteiger partial charge in [0.25, 0.3) is 0 Å². The zero-order valence-corrected chi connectivity index (χ0v) is 10.8. The molecule has 3 rings (SSSR count). The van der Waals surface area contributed by atoms with Crippen LogP contribution in [0.5, 0.6) is 0 Å². The van der Waals surface area contributed by atoms with E-state index in [-0.39, 0.29) is 5.91 Å². The molecule has 0 aromatic heterocycles. The van der Waals surface area contributed by atoms with Gasteiger partial charge in [-0.2, -0.15) is 0 Å². The average Bonchev–Trinajstić information content (AvgIpc) is 2.76. The third kappa shape index (κ3) is 1.76. The summed E-state index contributed by atoms with van der Waals surface area (Å²) in [5, 5.41) is 2.93. The Morgan fingerprint density at radius 1 is 0.842 bits per heavy atom. The molecule has 94 valence electrons. The van der Waals surface area contributed by atoms with Crippen molar-refractivity contribution in [2.24, 2.45) is 0 Å². The van der Waals surface area contributed by atoms with Crippen LogP contribution < -0.4 is 5.32 Å². The maximum absolute atomic E-state index is 12.5. The van der Waals surface area contributed by atoms with E-state index in [1.807, 2.05) is 73.7 Å². The lowest BCUT2D eigenvalue weighted by atomic mass is 9.75. The summed E-state index contributed by atoms with van der Waals surface area (Å²) < 4.78 is 0. The molecule has 1 heterocycles. The molecule has 1 N–H and O–H groups in total. The lowest BCUT2D eigenvalue weighted by molar-refractivity contribution is -0.122. The monoisotopic (exact) mass is 249 g/mol. The molecule has 1 aliphatic heterocycles. The first-order valence-corrected chi connectivity index (χ1v) is 6.35. The Hall–Kier alpha value is -2.35. The third-order valence-electron chi connectivity index (χ3n) is 3.56. The molecular weight excluding hydrogens is 234 g/mol. The SMILES string of the molecule is CC1=CC(c2ccccc2)(c2ccccc2)C(=O)N1. The minimum Gasteiger partial charge on any atom is -0.329 e. The Bertz CT molecular complexity index is 589. The van der Waals surface area contributed by atoms with E-state index in [2.05, 4.69) is 5.32 Å². The molecule has 2 heteroatoms. The number of carbonyl (C=O) groups is 1. The van der Waals surface area contributed by atoms with Gasteiger partial charge in [0.1, 0.15) is 5.41 Å². The van der Waals surface area contributed by atoms with E-state index in [1.165, 1.54) is 0 Å². The standard InChI is InChI=1S/C17H15NO/c1-13-12-17(16(19)18-13,14-8-4-2-5-9-14)15-10-6-3-7-11-15/h2-12H,1H3,(H,18,19). The van der Waals surface area contributed by atoms with Gasteiger partial charge in [-0.15, -0.1) is 0 Å². The van der Waals surface area contributed by atoms with Crippen LogP contribution in [0.25, 0.3) is 0 Å². The van der Waals surface area contributed by atoms with E-state index >= 15 is 0 Å². The van der Waals surface area contributed by atoms with E-state index in [9.17, 15) is 4.79 Å². The fourth-order valence-corrected chi connectivity index (χ4v) is 2.70. The fraction of sp³-hybridized carbons (Fsp3) is 0.118. The summed E-state index contributed by atoms with van der Waals surface area (Å²) in [6.45, 7) is 1.92. The van der Waals surface area contributed by atoms with Crippen molar-refractivity contribution in [2.75, 3.05) is 0 Å². The minimum absolute atomic E-state index is 0.0161. The number of hydrogen-bond donors (Lipinski definition) is 1. The van der Waals surface area contributed by atoms with Gasteiger partial charge >= 0.3 is 0 Å². The zero-order valence-electron chi connectivity index (χ0n) is 10.8. The number of allylic oxidation sites excluding steroid dienone is 1. The van der Waals surface area contributed by atoms with Crippen LogP contribution in [0.15, 0.2) is 72.4 Å². The lowest BCUT2D eigenvalue weighted by Crippen LogP contribution is -2.37. The topological polar surface area (TPSA) is 29.1 Å². The summed E-state index contributed by atoms with van der Waals surface area (Å²) in [7, 11) is 0. The van der Waals surface area contributed by atoms with Crippen molar-refractivity contribution in [3.05, 3.63) is 83.6 Å². The van der Waals surface area contributed by atoms with Crippen LogP contribution in [0.4, 0.5) is 0 Å². The smallest absolute Gasteiger partial charge is 0.243 e. The molecule has 2 aromatic rings. The predicted octanol–water partition coefficient (Wildman–Crippen LogP) is 3.01. The first-order valence-electron chi connectivity index (χ1n) is 6.35. The van der Waals surface area contributed by atoms with Gasteiger partial charge in [-0.3, -0.25) is 4.79 Å². The summed E-state index contributed by atoms with van der Waals surface area (Å²) in [4.78, 5) is 12.5. The summed E-state index contributed by atoms with van der Waals surface area (Å²) in [6.07, 6.45) is 2.01. The van der Waals surface area contributed by atoms with Crippen LogP contribution in [0, 0.1) is 0 Å². The van der Waals surface area contributed by atoms with Crippen LogP contribution in [0.1, 0.15) is 18.1 Å². The number of carbonyl (C=O) groups excluding carboxylic acids is 1. The van der Waals surface area contributed by atoms with Gasteiger partial charge in [-0.1, -0.05) is 60.7 Å². The van der Waals surface area contributed by atoms with Crippen molar-refractivity contribution in [3.63, 3.8) is 0 Å². The second-order valence-electron chi connectivity index (χ2n) is 4.82. The summed E-state index contributed by atoms with van der Waals surface area (Å²) in [5.74, 6) is 0.0161. The van der Waals surface area contributed by atoms with Crippen LogP contribution >= 0.6 is 0 Å². The van der Waals surface area contributed by atoms with Crippen LogP contribution in [0.3, 0.4) is 0 Å². The molecule has 0 atom stereocenters. The van der Waals surface area contributed by atoms with Gasteiger partial charge in [0.15, 0.2) is 0 Å². The molecule has 1 aliphatic rings. The highest BCUT2D eigenvalue weighted by molar-refractivity contribution is 5.98. The van der Waals surface area contributed by atoms with E-state index in [1.54, 1.807) is 0 Å². The second-order valence-corrected chi connectivity index (χ2v) is 4.82. The van der Waals surface area contributed by atoms with Crippen LogP contribution in [0.2, 0.25) is 0 Å². The Kier molecular flexibility index (Phi) is 2.71. The second kappa shape index (κ2) is 4.39. The Morgan fingerprint density at radius 2 is 1.32 bits per heavy atom. The van der Waals surface area contributed by atoms with Crippen molar-refractivity contribution in [1.82, 2.24) is 5.32 Å². The predicted molar refractivity (Wildman–Crippen MR) is 75.6 cm³/mol. The molecule has 0 aliphatic carbocycles. The number of nitrogens with one attached hydrogen (secondary N) is 1. The Labute approximate surface area is 112 Å². The molecule has 0 fully saturated rings. The third-order valence-corrected chi connectivity index (χ3v) is 3.56. The highest BCUT2D eigenvalue weighted by Crippen LogP contribution is 2.38. The molecule has 19 heavy (non-hydrogen) atoms. The molecule has 1 amide bonds. The lowest BCUT2D eigenvalue weighted by Gasteiger charge is -2.26. The van der Waals surface area contributed by atoms with Gasteiger partial charge in [-0.05, 0) is 24.1 Å². The summed E-state index contributed by atoms with van der Waals surface area (Å²) in [6, 6.07) is 19.8. The highest BCUT2D eigenvalue weighted by atomic mass is 16.2. The van der Waals surface area contributed by atoms with E-state index < -0.39 is 5.41 Å². The zero-order chi connectivity index (χ0) is 13.3. The maximum atomic E-state index is 12.5. The number of amides is 1. The highest BCUT2D eigenvalue weighted by Gasteiger charge is 2.43. The molecule has 2 nitrogen and oxygen atoms in total.